The smallest absolute Gasteiger partial charge is 0.132 e. The van der Waals surface area contributed by atoms with Gasteiger partial charge in [0.05, 0.1) is 24.4 Å². The average molecular weight is 244 g/mol. The van der Waals surface area contributed by atoms with Crippen LogP contribution in [-0.4, -0.2) is 20.3 Å². The molecule has 1 aromatic carbocycles. The Kier molecular flexibility index (Phi) is 4.60. The minimum atomic E-state index is -1.01. The van der Waals surface area contributed by atoms with Gasteiger partial charge in [0, 0.05) is 7.11 Å². The summed E-state index contributed by atoms with van der Waals surface area (Å²) in [6.45, 7) is 5.60. The van der Waals surface area contributed by atoms with Crippen molar-refractivity contribution < 1.29 is 18.3 Å². The first-order valence-electron chi connectivity index (χ1n) is 5.47. The molecule has 1 rings (SSSR count). The third-order valence-corrected chi connectivity index (χ3v) is 2.54. The van der Waals surface area contributed by atoms with Crippen molar-refractivity contribution in [2.75, 3.05) is 20.3 Å². The third-order valence-electron chi connectivity index (χ3n) is 2.54. The summed E-state index contributed by atoms with van der Waals surface area (Å²) >= 11 is 0. The summed E-state index contributed by atoms with van der Waals surface area (Å²) in [6.07, 6.45) is 0. The van der Waals surface area contributed by atoms with Crippen molar-refractivity contribution in [3.05, 3.63) is 34.9 Å². The van der Waals surface area contributed by atoms with Gasteiger partial charge in [-0.1, -0.05) is 0 Å². The average Bonchev–Trinajstić information content (AvgIpc) is 2.15. The van der Waals surface area contributed by atoms with Crippen LogP contribution < -0.4 is 0 Å². The first-order chi connectivity index (χ1) is 7.88. The van der Waals surface area contributed by atoms with E-state index in [9.17, 15) is 8.78 Å². The second kappa shape index (κ2) is 5.56. The number of methoxy groups -OCH3 is 1. The molecule has 0 fully saturated rings. The summed E-state index contributed by atoms with van der Waals surface area (Å²) < 4.78 is 37.8. The van der Waals surface area contributed by atoms with Crippen molar-refractivity contribution >= 4 is 0 Å². The lowest BCUT2D eigenvalue weighted by molar-refractivity contribution is -0.0470. The van der Waals surface area contributed by atoms with Gasteiger partial charge < -0.3 is 9.47 Å². The highest BCUT2D eigenvalue weighted by atomic mass is 19.1. The Balaban J connectivity index is 2.97. The Morgan fingerprint density at radius 2 is 1.65 bits per heavy atom. The first-order valence-corrected chi connectivity index (χ1v) is 5.47. The fourth-order valence-electron chi connectivity index (χ4n) is 1.73. The predicted molar refractivity (Wildman–Crippen MR) is 61.9 cm³/mol. The highest BCUT2D eigenvalue weighted by Crippen LogP contribution is 2.30. The number of hydrogen-bond donors (Lipinski definition) is 0. The van der Waals surface area contributed by atoms with Crippen LogP contribution in [0.15, 0.2) is 12.1 Å². The fourth-order valence-corrected chi connectivity index (χ4v) is 1.73. The molecule has 0 aliphatic carbocycles. The Bertz CT molecular complexity index is 366. The molecule has 0 aliphatic heterocycles. The normalized spacial score (nSPS) is 11.9. The molecule has 96 valence electrons. The van der Waals surface area contributed by atoms with Crippen molar-refractivity contribution in [3.8, 4) is 0 Å². The van der Waals surface area contributed by atoms with Crippen molar-refractivity contribution in [2.45, 2.75) is 26.4 Å². The molecule has 4 heteroatoms. The highest BCUT2D eigenvalue weighted by Gasteiger charge is 2.28. The molecule has 0 bridgehead atoms. The maximum Gasteiger partial charge on any atom is 0.132 e. The summed E-state index contributed by atoms with van der Waals surface area (Å²) in [5.41, 5.74) is -0.504. The van der Waals surface area contributed by atoms with Gasteiger partial charge in [-0.25, -0.2) is 8.78 Å². The molecule has 2 nitrogen and oxygen atoms in total. The van der Waals surface area contributed by atoms with Crippen LogP contribution in [0.3, 0.4) is 0 Å². The van der Waals surface area contributed by atoms with Crippen LogP contribution in [0.5, 0.6) is 0 Å². The van der Waals surface area contributed by atoms with Gasteiger partial charge in [0.25, 0.3) is 0 Å². The van der Waals surface area contributed by atoms with Gasteiger partial charge in [-0.3, -0.25) is 0 Å². The summed E-state index contributed by atoms with van der Waals surface area (Å²) in [5, 5.41) is 0. The number of rotatable bonds is 5. The van der Waals surface area contributed by atoms with E-state index in [2.05, 4.69) is 0 Å². The molecule has 0 heterocycles. The van der Waals surface area contributed by atoms with E-state index in [0.29, 0.717) is 12.2 Å². The largest absolute Gasteiger partial charge is 0.382 e. The molecule has 0 atom stereocenters. The van der Waals surface area contributed by atoms with Gasteiger partial charge in [0.1, 0.15) is 11.6 Å². The van der Waals surface area contributed by atoms with Crippen LogP contribution in [0, 0.1) is 18.6 Å². The molecule has 0 amide bonds. The van der Waals surface area contributed by atoms with Gasteiger partial charge in [-0.05, 0) is 38.5 Å². The zero-order chi connectivity index (χ0) is 13.1. The molecule has 0 saturated heterocycles. The first kappa shape index (κ1) is 14.1. The fraction of sp³-hybridized carbons (Fsp3) is 0.538. The topological polar surface area (TPSA) is 18.5 Å². The number of aryl methyl sites for hydroxylation is 1. The minimum Gasteiger partial charge on any atom is -0.382 e. The molecule has 0 unspecified atom stereocenters. The molecule has 0 aliphatic rings. The van der Waals surface area contributed by atoms with Gasteiger partial charge in [-0.2, -0.15) is 0 Å². The standard InChI is InChI=1S/C13H18F2O2/c1-9-7-10(14)12(11(15)8-9)13(2,3)17-6-5-16-4/h7-8H,5-6H2,1-4H3. The van der Waals surface area contributed by atoms with Crippen LogP contribution in [0.4, 0.5) is 8.78 Å². The molecule has 0 saturated carbocycles. The number of halogens is 2. The molecule has 0 spiro atoms. The van der Waals surface area contributed by atoms with E-state index in [1.807, 2.05) is 0 Å². The SMILES string of the molecule is COCCOC(C)(C)c1c(F)cc(C)cc1F. The van der Waals surface area contributed by atoms with Crippen molar-refractivity contribution in [1.82, 2.24) is 0 Å². The second-order valence-corrected chi connectivity index (χ2v) is 4.46. The summed E-state index contributed by atoms with van der Waals surface area (Å²) in [6, 6.07) is 2.61. The summed E-state index contributed by atoms with van der Waals surface area (Å²) in [7, 11) is 1.55. The number of benzene rings is 1. The van der Waals surface area contributed by atoms with Gasteiger partial charge in [0.2, 0.25) is 0 Å². The van der Waals surface area contributed by atoms with Crippen LogP contribution in [0.25, 0.3) is 0 Å². The highest BCUT2D eigenvalue weighted by molar-refractivity contribution is 5.29. The van der Waals surface area contributed by atoms with E-state index in [1.54, 1.807) is 27.9 Å². The van der Waals surface area contributed by atoms with E-state index in [4.69, 9.17) is 9.47 Å². The van der Waals surface area contributed by atoms with E-state index < -0.39 is 17.2 Å². The Hall–Kier alpha value is -1.00. The van der Waals surface area contributed by atoms with Crippen molar-refractivity contribution in [1.29, 1.82) is 0 Å². The zero-order valence-electron chi connectivity index (χ0n) is 10.6. The molecular weight excluding hydrogens is 226 g/mol. The van der Waals surface area contributed by atoms with Crippen molar-refractivity contribution in [2.24, 2.45) is 0 Å². The Morgan fingerprint density at radius 3 is 2.12 bits per heavy atom. The van der Waals surface area contributed by atoms with Crippen molar-refractivity contribution in [3.63, 3.8) is 0 Å². The minimum absolute atomic E-state index is 0.0424. The van der Waals surface area contributed by atoms with Crippen LogP contribution >= 0.6 is 0 Å². The van der Waals surface area contributed by atoms with E-state index in [-0.39, 0.29) is 12.2 Å². The number of hydrogen-bond acceptors (Lipinski definition) is 2. The van der Waals surface area contributed by atoms with Crippen LogP contribution in [-0.2, 0) is 15.1 Å². The lowest BCUT2D eigenvalue weighted by atomic mass is 9.95. The van der Waals surface area contributed by atoms with E-state index in [1.165, 1.54) is 12.1 Å². The quantitative estimate of drug-likeness (QED) is 0.741. The summed E-state index contributed by atoms with van der Waals surface area (Å²) in [4.78, 5) is 0. The molecule has 0 radical (unpaired) electrons. The van der Waals surface area contributed by atoms with Crippen LogP contribution in [0.1, 0.15) is 25.0 Å². The lowest BCUT2D eigenvalue weighted by Gasteiger charge is -2.27. The monoisotopic (exact) mass is 244 g/mol. The van der Waals surface area contributed by atoms with Gasteiger partial charge >= 0.3 is 0 Å². The maximum atomic E-state index is 13.8. The second-order valence-electron chi connectivity index (χ2n) is 4.46. The molecule has 17 heavy (non-hydrogen) atoms. The van der Waals surface area contributed by atoms with E-state index in [0.717, 1.165) is 0 Å². The predicted octanol–water partition coefficient (Wildman–Crippen LogP) is 3.17. The molecule has 0 aromatic heterocycles. The third kappa shape index (κ3) is 3.48. The van der Waals surface area contributed by atoms with Gasteiger partial charge in [0.15, 0.2) is 0 Å². The Labute approximate surface area is 101 Å². The van der Waals surface area contributed by atoms with E-state index >= 15 is 0 Å². The molecule has 1 aromatic rings. The number of ether oxygens (including phenoxy) is 2. The zero-order valence-corrected chi connectivity index (χ0v) is 10.6. The lowest BCUT2D eigenvalue weighted by Crippen LogP contribution is -2.26. The Morgan fingerprint density at radius 1 is 1.12 bits per heavy atom. The van der Waals surface area contributed by atoms with Gasteiger partial charge in [-0.15, -0.1) is 0 Å². The molecule has 0 N–H and O–H groups in total. The van der Waals surface area contributed by atoms with Crippen LogP contribution in [0.2, 0.25) is 0 Å². The summed E-state index contributed by atoms with van der Waals surface area (Å²) in [5.74, 6) is -1.16. The maximum absolute atomic E-state index is 13.8. The molecular formula is C13H18F2O2.